The Morgan fingerprint density at radius 2 is 1.96 bits per heavy atom. The second-order valence-corrected chi connectivity index (χ2v) is 8.65. The highest BCUT2D eigenvalue weighted by molar-refractivity contribution is 7.89. The van der Waals surface area contributed by atoms with Crippen molar-refractivity contribution >= 4 is 27.5 Å². The van der Waals surface area contributed by atoms with Gasteiger partial charge in [0, 0.05) is 25.2 Å². The fraction of sp³-hybridized carbons (Fsp3) is 0.588. The predicted molar refractivity (Wildman–Crippen MR) is 97.5 cm³/mol. The first-order valence-electron chi connectivity index (χ1n) is 8.49. The molecule has 2 atom stereocenters. The molecule has 1 amide bonds. The van der Waals surface area contributed by atoms with Gasteiger partial charge in [-0.15, -0.1) is 0 Å². The Morgan fingerprint density at radius 1 is 1.32 bits per heavy atom. The van der Waals surface area contributed by atoms with E-state index in [1.54, 1.807) is 0 Å². The minimum Gasteiger partial charge on any atom is -0.373 e. The van der Waals surface area contributed by atoms with E-state index in [1.165, 1.54) is 22.5 Å². The second-order valence-electron chi connectivity index (χ2n) is 6.33. The second kappa shape index (κ2) is 8.49. The molecule has 2 rings (SSSR count). The van der Waals surface area contributed by atoms with Crippen LogP contribution in [0.1, 0.15) is 44.0 Å². The summed E-state index contributed by atoms with van der Waals surface area (Å²) in [5.74, 6) is -0.301. The van der Waals surface area contributed by atoms with Gasteiger partial charge in [0.05, 0.1) is 17.2 Å². The first-order valence-corrected chi connectivity index (χ1v) is 10.3. The number of benzene rings is 1. The zero-order valence-electron chi connectivity index (χ0n) is 14.8. The van der Waals surface area contributed by atoms with Crippen molar-refractivity contribution in [2.45, 2.75) is 50.7 Å². The van der Waals surface area contributed by atoms with E-state index in [1.807, 2.05) is 20.8 Å². The van der Waals surface area contributed by atoms with Crippen LogP contribution in [0.2, 0.25) is 5.02 Å². The van der Waals surface area contributed by atoms with Crippen LogP contribution >= 0.6 is 11.6 Å². The van der Waals surface area contributed by atoms with Gasteiger partial charge in [-0.3, -0.25) is 4.79 Å². The molecule has 140 valence electrons. The van der Waals surface area contributed by atoms with Crippen LogP contribution in [0.3, 0.4) is 0 Å². The lowest BCUT2D eigenvalue weighted by atomic mass is 10.2. The number of hydrogen-bond donors (Lipinski definition) is 1. The lowest BCUT2D eigenvalue weighted by Gasteiger charge is -2.34. The highest BCUT2D eigenvalue weighted by Crippen LogP contribution is 2.28. The first kappa shape index (κ1) is 20.2. The van der Waals surface area contributed by atoms with Gasteiger partial charge in [0.25, 0.3) is 5.91 Å². The van der Waals surface area contributed by atoms with Crippen LogP contribution < -0.4 is 5.32 Å². The summed E-state index contributed by atoms with van der Waals surface area (Å²) in [5.41, 5.74) is 0.286. The molecule has 1 N–H and O–H groups in total. The molecule has 25 heavy (non-hydrogen) atoms. The number of nitrogens with one attached hydrogen (secondary N) is 1. The largest absolute Gasteiger partial charge is 0.373 e. The number of sulfonamides is 1. The van der Waals surface area contributed by atoms with E-state index < -0.39 is 10.0 Å². The monoisotopic (exact) mass is 388 g/mol. The summed E-state index contributed by atoms with van der Waals surface area (Å²) in [6.07, 6.45) is 1.44. The molecule has 0 radical (unpaired) electrons. The summed E-state index contributed by atoms with van der Waals surface area (Å²) < 4.78 is 32.9. The molecule has 2 unspecified atom stereocenters. The van der Waals surface area contributed by atoms with Crippen molar-refractivity contribution in [1.29, 1.82) is 0 Å². The summed E-state index contributed by atoms with van der Waals surface area (Å²) in [5, 5.41) is 2.89. The fourth-order valence-corrected chi connectivity index (χ4v) is 4.88. The summed E-state index contributed by atoms with van der Waals surface area (Å²) in [4.78, 5) is 12.2. The number of rotatable bonds is 6. The Hall–Kier alpha value is -1.15. The van der Waals surface area contributed by atoms with Gasteiger partial charge in [-0.1, -0.05) is 24.9 Å². The standard InChI is InChI=1S/C17H25ClN2O4S/c1-4-5-8-19-17(21)14-6-7-15(18)16(9-14)25(22,23)20-10-12(2)24-13(3)11-20/h6-7,9,12-13H,4-5,8,10-11H2,1-3H3,(H,19,21). The fourth-order valence-electron chi connectivity index (χ4n) is 2.79. The molecule has 0 bridgehead atoms. The summed E-state index contributed by atoms with van der Waals surface area (Å²) in [7, 11) is -3.80. The molecule has 1 heterocycles. The first-order chi connectivity index (χ1) is 11.8. The van der Waals surface area contributed by atoms with Gasteiger partial charge in [-0.25, -0.2) is 8.42 Å². The highest BCUT2D eigenvalue weighted by Gasteiger charge is 2.33. The average molecular weight is 389 g/mol. The minimum atomic E-state index is -3.80. The van der Waals surface area contributed by atoms with E-state index in [0.29, 0.717) is 6.54 Å². The van der Waals surface area contributed by atoms with Crippen LogP contribution in [0.15, 0.2) is 23.1 Å². The molecule has 0 spiro atoms. The quantitative estimate of drug-likeness (QED) is 0.760. The van der Waals surface area contributed by atoms with E-state index in [-0.39, 0.29) is 46.7 Å². The Morgan fingerprint density at radius 3 is 2.56 bits per heavy atom. The third-order valence-corrected chi connectivity index (χ3v) is 6.33. The lowest BCUT2D eigenvalue weighted by molar-refractivity contribution is -0.0440. The van der Waals surface area contributed by atoms with Gasteiger partial charge in [0.1, 0.15) is 4.90 Å². The topological polar surface area (TPSA) is 75.7 Å². The van der Waals surface area contributed by atoms with E-state index in [4.69, 9.17) is 16.3 Å². The van der Waals surface area contributed by atoms with Crippen LogP contribution in [0.5, 0.6) is 0 Å². The van der Waals surface area contributed by atoms with Gasteiger partial charge in [0.15, 0.2) is 0 Å². The molecule has 8 heteroatoms. The van der Waals surface area contributed by atoms with E-state index >= 15 is 0 Å². The van der Waals surface area contributed by atoms with Crippen molar-refractivity contribution in [3.05, 3.63) is 28.8 Å². The van der Waals surface area contributed by atoms with Gasteiger partial charge < -0.3 is 10.1 Å². The molecular formula is C17H25ClN2O4S. The third-order valence-electron chi connectivity index (χ3n) is 4.01. The van der Waals surface area contributed by atoms with Crippen LogP contribution in [-0.2, 0) is 14.8 Å². The molecule has 1 aromatic rings. The summed E-state index contributed by atoms with van der Waals surface area (Å²) in [6.45, 7) is 6.77. The number of unbranched alkanes of at least 4 members (excludes halogenated alkanes) is 1. The van der Waals surface area contributed by atoms with Crippen molar-refractivity contribution < 1.29 is 17.9 Å². The average Bonchev–Trinajstić information content (AvgIpc) is 2.54. The van der Waals surface area contributed by atoms with Crippen molar-refractivity contribution in [3.63, 3.8) is 0 Å². The lowest BCUT2D eigenvalue weighted by Crippen LogP contribution is -2.48. The van der Waals surface area contributed by atoms with Crippen molar-refractivity contribution in [2.24, 2.45) is 0 Å². The number of carbonyl (C=O) groups excluding carboxylic acids is 1. The van der Waals surface area contributed by atoms with E-state index in [0.717, 1.165) is 12.8 Å². The number of carbonyl (C=O) groups is 1. The number of amides is 1. The van der Waals surface area contributed by atoms with Crippen LogP contribution in [0, 0.1) is 0 Å². The van der Waals surface area contributed by atoms with Gasteiger partial charge >= 0.3 is 0 Å². The molecule has 6 nitrogen and oxygen atoms in total. The summed E-state index contributed by atoms with van der Waals surface area (Å²) >= 11 is 6.14. The molecule has 1 aliphatic rings. The molecule has 0 aromatic heterocycles. The van der Waals surface area contributed by atoms with Gasteiger partial charge in [0.2, 0.25) is 10.0 Å². The highest BCUT2D eigenvalue weighted by atomic mass is 35.5. The Kier molecular flexibility index (Phi) is 6.85. The Labute approximate surface area is 154 Å². The molecule has 0 aliphatic carbocycles. The van der Waals surface area contributed by atoms with Crippen molar-refractivity contribution in [3.8, 4) is 0 Å². The van der Waals surface area contributed by atoms with Gasteiger partial charge in [-0.2, -0.15) is 4.31 Å². The van der Waals surface area contributed by atoms with Crippen molar-refractivity contribution in [1.82, 2.24) is 9.62 Å². The molecule has 0 saturated carbocycles. The van der Waals surface area contributed by atoms with Crippen LogP contribution in [0.4, 0.5) is 0 Å². The number of nitrogens with zero attached hydrogens (tertiary/aromatic N) is 1. The zero-order valence-corrected chi connectivity index (χ0v) is 16.4. The minimum absolute atomic E-state index is 0.0430. The van der Waals surface area contributed by atoms with Gasteiger partial charge in [-0.05, 0) is 38.5 Å². The molecule has 1 aliphatic heterocycles. The van der Waals surface area contributed by atoms with E-state index in [9.17, 15) is 13.2 Å². The van der Waals surface area contributed by atoms with Crippen molar-refractivity contribution in [2.75, 3.05) is 19.6 Å². The normalized spacial score (nSPS) is 21.9. The molecule has 1 aromatic carbocycles. The maximum atomic E-state index is 13.0. The third kappa shape index (κ3) is 4.94. The summed E-state index contributed by atoms with van der Waals surface area (Å²) in [6, 6.07) is 4.34. The van der Waals surface area contributed by atoms with E-state index in [2.05, 4.69) is 5.32 Å². The number of hydrogen-bond acceptors (Lipinski definition) is 4. The predicted octanol–water partition coefficient (Wildman–Crippen LogP) is 2.67. The number of halogens is 1. The maximum Gasteiger partial charge on any atom is 0.251 e. The smallest absolute Gasteiger partial charge is 0.251 e. The van der Waals surface area contributed by atoms with Crippen LogP contribution in [-0.4, -0.2) is 50.5 Å². The number of ether oxygens (including phenoxy) is 1. The zero-order chi connectivity index (χ0) is 18.6. The SMILES string of the molecule is CCCCNC(=O)c1ccc(Cl)c(S(=O)(=O)N2CC(C)OC(C)C2)c1. The molecular weight excluding hydrogens is 364 g/mol. The Bertz CT molecular complexity index is 713. The van der Waals surface area contributed by atoms with Crippen LogP contribution in [0.25, 0.3) is 0 Å². The number of morpholine rings is 1. The maximum absolute atomic E-state index is 13.0. The Balaban J connectivity index is 2.28. The molecule has 1 fully saturated rings. The molecule has 1 saturated heterocycles.